The Morgan fingerprint density at radius 2 is 1.71 bits per heavy atom. The largest absolute Gasteiger partial charge is 0.325 e. The van der Waals surface area contributed by atoms with Crippen molar-refractivity contribution in [3.63, 3.8) is 0 Å². The number of nitrogens with one attached hydrogen (secondary N) is 2. The van der Waals surface area contributed by atoms with Crippen LogP contribution in [0.2, 0.25) is 10.0 Å². The van der Waals surface area contributed by atoms with Gasteiger partial charge >= 0.3 is 6.03 Å². The molecule has 2 amide bonds. The summed E-state index contributed by atoms with van der Waals surface area (Å²) in [5.74, 6) is 0. The van der Waals surface area contributed by atoms with E-state index in [9.17, 15) is 4.79 Å². The van der Waals surface area contributed by atoms with Crippen LogP contribution in [0, 0.1) is 0 Å². The molecular formula is C14H9Cl2N3OS. The van der Waals surface area contributed by atoms with Gasteiger partial charge in [0.05, 0.1) is 25.9 Å². The molecule has 1 heterocycles. The first kappa shape index (κ1) is 14.1. The average Bonchev–Trinajstić information content (AvgIpc) is 2.85. The summed E-state index contributed by atoms with van der Waals surface area (Å²) in [5, 5.41) is 6.56. The van der Waals surface area contributed by atoms with Crippen LogP contribution in [0.1, 0.15) is 0 Å². The van der Waals surface area contributed by atoms with Crippen molar-refractivity contribution in [3.8, 4) is 0 Å². The Kier molecular flexibility index (Phi) is 3.96. The summed E-state index contributed by atoms with van der Waals surface area (Å²) >= 11 is 13.4. The minimum Gasteiger partial charge on any atom is -0.305 e. The minimum absolute atomic E-state index is 0.374. The van der Waals surface area contributed by atoms with Gasteiger partial charge in [0.2, 0.25) is 0 Å². The zero-order valence-corrected chi connectivity index (χ0v) is 12.9. The third kappa shape index (κ3) is 3.10. The number of rotatable bonds is 2. The maximum atomic E-state index is 12.0. The second-order valence-corrected chi connectivity index (χ2v) is 6.01. The zero-order valence-electron chi connectivity index (χ0n) is 10.6. The topological polar surface area (TPSA) is 54.0 Å². The van der Waals surface area contributed by atoms with E-state index >= 15 is 0 Å². The summed E-state index contributed by atoms with van der Waals surface area (Å²) < 4.78 is 1.00. The maximum Gasteiger partial charge on any atom is 0.325 e. The number of carbonyl (C=O) groups excluding carboxylic acids is 1. The molecule has 7 heteroatoms. The predicted octanol–water partition coefficient (Wildman–Crippen LogP) is 5.25. The second-order valence-electron chi connectivity index (χ2n) is 4.16. The first-order valence-corrected chi connectivity index (χ1v) is 7.58. The third-order valence-electron chi connectivity index (χ3n) is 2.72. The molecule has 0 unspecified atom stereocenters. The molecule has 3 rings (SSSR count). The van der Waals surface area contributed by atoms with E-state index in [1.54, 1.807) is 18.2 Å². The van der Waals surface area contributed by atoms with Gasteiger partial charge in [0.25, 0.3) is 0 Å². The number of urea groups is 1. The molecule has 0 spiro atoms. The lowest BCUT2D eigenvalue weighted by molar-refractivity contribution is 0.262. The van der Waals surface area contributed by atoms with Crippen LogP contribution < -0.4 is 10.6 Å². The highest BCUT2D eigenvalue weighted by Gasteiger charge is 2.11. The van der Waals surface area contributed by atoms with Gasteiger partial charge in [-0.1, -0.05) is 52.7 Å². The lowest BCUT2D eigenvalue weighted by atomic mass is 10.3. The molecule has 21 heavy (non-hydrogen) atoms. The van der Waals surface area contributed by atoms with Crippen molar-refractivity contribution in [2.75, 3.05) is 10.6 Å². The number of hydrogen-bond acceptors (Lipinski definition) is 3. The number of nitrogens with zero attached hydrogens (tertiary/aromatic N) is 1. The lowest BCUT2D eigenvalue weighted by Crippen LogP contribution is -2.19. The van der Waals surface area contributed by atoms with Crippen LogP contribution in [-0.2, 0) is 0 Å². The Morgan fingerprint density at radius 1 is 1.00 bits per heavy atom. The van der Waals surface area contributed by atoms with Gasteiger partial charge in [-0.15, -0.1) is 0 Å². The Bertz CT molecular complexity index is 766. The number of aromatic nitrogens is 1. The van der Waals surface area contributed by atoms with Crippen LogP contribution in [0.25, 0.3) is 10.2 Å². The summed E-state index contributed by atoms with van der Waals surface area (Å²) in [5.41, 5.74) is 1.22. The van der Waals surface area contributed by atoms with Crippen molar-refractivity contribution in [3.05, 3.63) is 52.5 Å². The number of carbonyl (C=O) groups is 1. The monoisotopic (exact) mass is 337 g/mol. The molecule has 1 aromatic heterocycles. The van der Waals surface area contributed by atoms with Crippen molar-refractivity contribution in [2.24, 2.45) is 0 Å². The number of hydrogen-bond donors (Lipinski definition) is 2. The van der Waals surface area contributed by atoms with Gasteiger partial charge in [0.15, 0.2) is 5.13 Å². The number of para-hydroxylation sites is 2. The van der Waals surface area contributed by atoms with E-state index in [0.717, 1.165) is 10.2 Å². The quantitative estimate of drug-likeness (QED) is 0.671. The van der Waals surface area contributed by atoms with E-state index in [1.165, 1.54) is 11.3 Å². The van der Waals surface area contributed by atoms with Gasteiger partial charge in [-0.25, -0.2) is 9.78 Å². The zero-order chi connectivity index (χ0) is 14.8. The molecule has 0 atom stereocenters. The molecule has 0 bridgehead atoms. The minimum atomic E-state index is -0.441. The molecule has 2 N–H and O–H groups in total. The third-order valence-corrected chi connectivity index (χ3v) is 4.30. The summed E-state index contributed by atoms with van der Waals surface area (Å²) in [6, 6.07) is 12.2. The van der Waals surface area contributed by atoms with Crippen LogP contribution in [0.3, 0.4) is 0 Å². The number of amides is 2. The Balaban J connectivity index is 1.77. The van der Waals surface area contributed by atoms with Crippen LogP contribution in [-0.4, -0.2) is 11.0 Å². The van der Waals surface area contributed by atoms with Gasteiger partial charge < -0.3 is 5.32 Å². The Morgan fingerprint density at radius 3 is 2.43 bits per heavy atom. The van der Waals surface area contributed by atoms with Crippen molar-refractivity contribution in [1.82, 2.24) is 4.98 Å². The molecule has 0 radical (unpaired) electrons. The summed E-state index contributed by atoms with van der Waals surface area (Å²) in [7, 11) is 0. The normalized spacial score (nSPS) is 10.6. The van der Waals surface area contributed by atoms with E-state index in [4.69, 9.17) is 23.2 Å². The molecule has 3 aromatic rings. The molecule has 0 saturated heterocycles. The standard InChI is InChI=1S/C14H9Cl2N3OS/c15-8-4-3-5-9(16)12(8)18-13(20)19-14-17-10-6-1-2-7-11(10)21-14/h1-7H,(H2,17,18,19,20). The average molecular weight is 338 g/mol. The predicted molar refractivity (Wildman–Crippen MR) is 88.7 cm³/mol. The summed E-state index contributed by atoms with van der Waals surface area (Å²) in [6.07, 6.45) is 0. The molecule has 2 aromatic carbocycles. The number of fused-ring (bicyclic) bond motifs is 1. The fourth-order valence-electron chi connectivity index (χ4n) is 1.78. The fourth-order valence-corrected chi connectivity index (χ4v) is 3.14. The van der Waals surface area contributed by atoms with Gasteiger partial charge in [-0.05, 0) is 24.3 Å². The number of anilines is 2. The van der Waals surface area contributed by atoms with Crippen molar-refractivity contribution >= 4 is 61.6 Å². The second kappa shape index (κ2) is 5.89. The van der Waals surface area contributed by atoms with Crippen molar-refractivity contribution < 1.29 is 4.79 Å². The van der Waals surface area contributed by atoms with Crippen LogP contribution >= 0.6 is 34.5 Å². The van der Waals surface area contributed by atoms with Gasteiger partial charge in [-0.3, -0.25) is 5.32 Å². The van der Waals surface area contributed by atoms with E-state index in [2.05, 4.69) is 15.6 Å². The number of benzene rings is 2. The fraction of sp³-hybridized carbons (Fsp3) is 0. The van der Waals surface area contributed by atoms with E-state index < -0.39 is 6.03 Å². The van der Waals surface area contributed by atoms with E-state index in [1.807, 2.05) is 24.3 Å². The van der Waals surface area contributed by atoms with Crippen LogP contribution in [0.4, 0.5) is 15.6 Å². The van der Waals surface area contributed by atoms with Gasteiger partial charge in [0, 0.05) is 0 Å². The van der Waals surface area contributed by atoms with Crippen LogP contribution in [0.5, 0.6) is 0 Å². The first-order chi connectivity index (χ1) is 10.1. The highest BCUT2D eigenvalue weighted by molar-refractivity contribution is 7.22. The molecule has 0 saturated carbocycles. The highest BCUT2D eigenvalue weighted by atomic mass is 35.5. The molecule has 0 aliphatic carbocycles. The molecule has 106 valence electrons. The molecular weight excluding hydrogens is 329 g/mol. The summed E-state index contributed by atoms with van der Waals surface area (Å²) in [4.78, 5) is 16.3. The lowest BCUT2D eigenvalue weighted by Gasteiger charge is -2.08. The van der Waals surface area contributed by atoms with Crippen molar-refractivity contribution in [1.29, 1.82) is 0 Å². The highest BCUT2D eigenvalue weighted by Crippen LogP contribution is 2.30. The van der Waals surface area contributed by atoms with Gasteiger partial charge in [0.1, 0.15) is 0 Å². The maximum absolute atomic E-state index is 12.0. The Labute approximate surface area is 134 Å². The molecule has 0 aliphatic heterocycles. The molecule has 0 fully saturated rings. The van der Waals surface area contributed by atoms with Crippen molar-refractivity contribution in [2.45, 2.75) is 0 Å². The van der Waals surface area contributed by atoms with E-state index in [0.29, 0.717) is 20.9 Å². The van der Waals surface area contributed by atoms with Crippen LogP contribution in [0.15, 0.2) is 42.5 Å². The Hall–Kier alpha value is -1.82. The smallest absolute Gasteiger partial charge is 0.305 e. The summed E-state index contributed by atoms with van der Waals surface area (Å²) in [6.45, 7) is 0. The first-order valence-electron chi connectivity index (χ1n) is 6.01. The van der Waals surface area contributed by atoms with E-state index in [-0.39, 0.29) is 0 Å². The molecule has 0 aliphatic rings. The molecule has 4 nitrogen and oxygen atoms in total. The number of thiazole rings is 1. The van der Waals surface area contributed by atoms with Gasteiger partial charge in [-0.2, -0.15) is 0 Å². The number of halogens is 2. The SMILES string of the molecule is O=C(Nc1nc2ccccc2s1)Nc1c(Cl)cccc1Cl.